The van der Waals surface area contributed by atoms with Crippen LogP contribution in [-0.4, -0.2) is 42.9 Å². The molecular weight excluding hydrogens is 202 g/mol. The predicted octanol–water partition coefficient (Wildman–Crippen LogP) is 0.852. The average Bonchev–Trinajstić information content (AvgIpc) is 2.88. The third-order valence-corrected chi connectivity index (χ3v) is 3.25. The summed E-state index contributed by atoms with van der Waals surface area (Å²) in [5.74, 6) is -0.606. The highest BCUT2D eigenvalue weighted by atomic mass is 19.3. The predicted molar refractivity (Wildman–Crippen MR) is 51.7 cm³/mol. The Morgan fingerprint density at radius 3 is 2.73 bits per heavy atom. The number of nitrogens with zero attached hydrogens (tertiary/aromatic N) is 1. The van der Waals surface area contributed by atoms with Gasteiger partial charge in [0.25, 0.3) is 0 Å². The van der Waals surface area contributed by atoms with Gasteiger partial charge >= 0.3 is 0 Å². The molecule has 15 heavy (non-hydrogen) atoms. The number of carbonyl (C=O) groups excluding carboxylic acids is 1. The minimum absolute atomic E-state index is 0.00986. The second-order valence-electron chi connectivity index (χ2n) is 4.32. The molecule has 0 aromatic rings. The summed E-state index contributed by atoms with van der Waals surface area (Å²) in [7, 11) is 0. The maximum absolute atomic E-state index is 12.4. The number of hydrogen-bond donors (Lipinski definition) is 1. The van der Waals surface area contributed by atoms with Crippen molar-refractivity contribution in [2.45, 2.75) is 31.7 Å². The summed E-state index contributed by atoms with van der Waals surface area (Å²) in [5, 5.41) is 3.10. The summed E-state index contributed by atoms with van der Waals surface area (Å²) < 4.78 is 24.8. The molecule has 0 aromatic carbocycles. The fourth-order valence-corrected chi connectivity index (χ4v) is 2.31. The molecule has 0 saturated carbocycles. The quantitative estimate of drug-likeness (QED) is 0.745. The molecule has 86 valence electrons. The standard InChI is InChI=1S/C10H16F2N2O/c11-9(12)7-3-5-14(6-7)10(15)8-2-1-4-13-8/h7-9,13H,1-6H2/t7-,8-/m0/s1. The van der Waals surface area contributed by atoms with Crippen LogP contribution in [0.15, 0.2) is 0 Å². The number of amides is 1. The molecule has 0 aliphatic carbocycles. The fourth-order valence-electron chi connectivity index (χ4n) is 2.31. The Morgan fingerprint density at radius 1 is 1.40 bits per heavy atom. The van der Waals surface area contributed by atoms with E-state index in [2.05, 4.69) is 5.32 Å². The van der Waals surface area contributed by atoms with Gasteiger partial charge in [0, 0.05) is 19.0 Å². The van der Waals surface area contributed by atoms with E-state index in [1.165, 1.54) is 0 Å². The van der Waals surface area contributed by atoms with E-state index in [1.807, 2.05) is 0 Å². The van der Waals surface area contributed by atoms with E-state index < -0.39 is 12.3 Å². The van der Waals surface area contributed by atoms with Crippen molar-refractivity contribution in [3.63, 3.8) is 0 Å². The average molecular weight is 218 g/mol. The van der Waals surface area contributed by atoms with Gasteiger partial charge in [0.15, 0.2) is 0 Å². The molecule has 0 radical (unpaired) electrons. The molecule has 2 fully saturated rings. The van der Waals surface area contributed by atoms with E-state index in [9.17, 15) is 13.6 Å². The molecule has 2 atom stereocenters. The van der Waals surface area contributed by atoms with Crippen molar-refractivity contribution in [2.75, 3.05) is 19.6 Å². The van der Waals surface area contributed by atoms with Crippen molar-refractivity contribution in [3.05, 3.63) is 0 Å². The van der Waals surface area contributed by atoms with Gasteiger partial charge in [-0.25, -0.2) is 8.78 Å². The molecule has 0 spiro atoms. The van der Waals surface area contributed by atoms with E-state index in [1.54, 1.807) is 4.90 Å². The number of carbonyl (C=O) groups is 1. The van der Waals surface area contributed by atoms with Gasteiger partial charge in [0.2, 0.25) is 12.3 Å². The third-order valence-electron chi connectivity index (χ3n) is 3.25. The van der Waals surface area contributed by atoms with Gasteiger partial charge in [-0.3, -0.25) is 4.79 Å². The summed E-state index contributed by atoms with van der Waals surface area (Å²) in [5.41, 5.74) is 0. The van der Waals surface area contributed by atoms with E-state index in [0.717, 1.165) is 19.4 Å². The van der Waals surface area contributed by atoms with Gasteiger partial charge in [0.05, 0.1) is 6.04 Å². The first-order valence-corrected chi connectivity index (χ1v) is 5.49. The van der Waals surface area contributed by atoms with Crippen LogP contribution < -0.4 is 5.32 Å². The molecule has 0 bridgehead atoms. The molecule has 1 N–H and O–H groups in total. The summed E-state index contributed by atoms with van der Waals surface area (Å²) in [6.45, 7) is 1.59. The Labute approximate surface area is 87.8 Å². The first kappa shape index (κ1) is 10.8. The molecule has 3 nitrogen and oxygen atoms in total. The topological polar surface area (TPSA) is 32.3 Å². The van der Waals surface area contributed by atoms with Crippen LogP contribution in [0.25, 0.3) is 0 Å². The Kier molecular flexibility index (Phi) is 3.19. The number of alkyl halides is 2. The summed E-state index contributed by atoms with van der Waals surface area (Å²) in [4.78, 5) is 13.4. The van der Waals surface area contributed by atoms with E-state index in [4.69, 9.17) is 0 Å². The Balaban J connectivity index is 1.87. The molecule has 1 amide bonds. The van der Waals surface area contributed by atoms with Crippen molar-refractivity contribution in [2.24, 2.45) is 5.92 Å². The molecular formula is C10H16F2N2O. The minimum Gasteiger partial charge on any atom is -0.341 e. The molecule has 5 heteroatoms. The first-order valence-electron chi connectivity index (χ1n) is 5.49. The Hall–Kier alpha value is -0.710. The largest absolute Gasteiger partial charge is 0.341 e. The lowest BCUT2D eigenvalue weighted by molar-refractivity contribution is -0.132. The lowest BCUT2D eigenvalue weighted by atomic mass is 10.1. The van der Waals surface area contributed by atoms with Gasteiger partial charge in [-0.05, 0) is 25.8 Å². The number of likely N-dealkylation sites (tertiary alicyclic amines) is 1. The molecule has 2 heterocycles. The van der Waals surface area contributed by atoms with E-state index in [-0.39, 0.29) is 18.5 Å². The van der Waals surface area contributed by atoms with Crippen LogP contribution in [-0.2, 0) is 4.79 Å². The molecule has 2 saturated heterocycles. The SMILES string of the molecule is O=C([C@@H]1CCCN1)N1CC[C@H](C(F)F)C1. The van der Waals surface area contributed by atoms with Crippen molar-refractivity contribution in [3.8, 4) is 0 Å². The van der Waals surface area contributed by atoms with Gasteiger partial charge in [-0.2, -0.15) is 0 Å². The molecule has 2 rings (SSSR count). The minimum atomic E-state index is -2.29. The van der Waals surface area contributed by atoms with Crippen LogP contribution in [0.3, 0.4) is 0 Å². The van der Waals surface area contributed by atoms with Crippen LogP contribution in [0.5, 0.6) is 0 Å². The highest BCUT2D eigenvalue weighted by Gasteiger charge is 2.35. The monoisotopic (exact) mass is 218 g/mol. The summed E-state index contributed by atoms with van der Waals surface area (Å²) in [6.07, 6.45) is -0.00723. The fraction of sp³-hybridized carbons (Fsp3) is 0.900. The van der Waals surface area contributed by atoms with Crippen molar-refractivity contribution in [1.29, 1.82) is 0 Å². The Morgan fingerprint density at radius 2 is 2.20 bits per heavy atom. The van der Waals surface area contributed by atoms with Crippen LogP contribution >= 0.6 is 0 Å². The van der Waals surface area contributed by atoms with Gasteiger partial charge in [-0.1, -0.05) is 0 Å². The highest BCUT2D eigenvalue weighted by molar-refractivity contribution is 5.82. The van der Waals surface area contributed by atoms with E-state index >= 15 is 0 Å². The number of rotatable bonds is 2. The third kappa shape index (κ3) is 2.27. The highest BCUT2D eigenvalue weighted by Crippen LogP contribution is 2.24. The smallest absolute Gasteiger partial charge is 0.243 e. The zero-order chi connectivity index (χ0) is 10.8. The lowest BCUT2D eigenvalue weighted by Gasteiger charge is -2.20. The molecule has 2 aliphatic heterocycles. The zero-order valence-corrected chi connectivity index (χ0v) is 8.59. The molecule has 2 aliphatic rings. The van der Waals surface area contributed by atoms with Crippen molar-refractivity contribution < 1.29 is 13.6 Å². The van der Waals surface area contributed by atoms with Crippen LogP contribution in [0.2, 0.25) is 0 Å². The van der Waals surface area contributed by atoms with E-state index in [0.29, 0.717) is 13.0 Å². The number of halogens is 2. The van der Waals surface area contributed by atoms with Gasteiger partial charge < -0.3 is 10.2 Å². The summed E-state index contributed by atoms with van der Waals surface area (Å²) in [6, 6.07) is -0.124. The second-order valence-corrected chi connectivity index (χ2v) is 4.32. The van der Waals surface area contributed by atoms with Crippen LogP contribution in [0, 0.1) is 5.92 Å². The molecule has 0 aromatic heterocycles. The molecule has 0 unspecified atom stereocenters. The number of nitrogens with one attached hydrogen (secondary N) is 1. The maximum atomic E-state index is 12.4. The lowest BCUT2D eigenvalue weighted by Crippen LogP contribution is -2.42. The second kappa shape index (κ2) is 4.43. The zero-order valence-electron chi connectivity index (χ0n) is 8.59. The van der Waals surface area contributed by atoms with Crippen molar-refractivity contribution in [1.82, 2.24) is 10.2 Å². The van der Waals surface area contributed by atoms with Gasteiger partial charge in [0.1, 0.15) is 0 Å². The van der Waals surface area contributed by atoms with Crippen LogP contribution in [0.1, 0.15) is 19.3 Å². The first-order chi connectivity index (χ1) is 7.18. The van der Waals surface area contributed by atoms with Crippen molar-refractivity contribution >= 4 is 5.91 Å². The Bertz CT molecular complexity index is 242. The van der Waals surface area contributed by atoms with Gasteiger partial charge in [-0.15, -0.1) is 0 Å². The summed E-state index contributed by atoms with van der Waals surface area (Å²) >= 11 is 0. The number of hydrogen-bond acceptors (Lipinski definition) is 2. The normalized spacial score (nSPS) is 31.5. The maximum Gasteiger partial charge on any atom is 0.243 e. The van der Waals surface area contributed by atoms with Crippen LogP contribution in [0.4, 0.5) is 8.78 Å².